The molecule has 1 saturated heterocycles. The molecular formula is C20H31N3O2. The van der Waals surface area contributed by atoms with Gasteiger partial charge in [-0.3, -0.25) is 9.59 Å². The minimum absolute atomic E-state index is 0.0203. The van der Waals surface area contributed by atoms with Crippen molar-refractivity contribution in [3.63, 3.8) is 0 Å². The van der Waals surface area contributed by atoms with Gasteiger partial charge in [0.15, 0.2) is 0 Å². The van der Waals surface area contributed by atoms with E-state index in [0.717, 1.165) is 29.7 Å². The number of anilines is 1. The number of benzene rings is 1. The van der Waals surface area contributed by atoms with Crippen molar-refractivity contribution in [1.82, 2.24) is 10.2 Å². The van der Waals surface area contributed by atoms with Crippen molar-refractivity contribution >= 4 is 17.5 Å². The van der Waals surface area contributed by atoms with Crippen molar-refractivity contribution < 1.29 is 9.59 Å². The Morgan fingerprint density at radius 3 is 2.60 bits per heavy atom. The number of nitrogens with one attached hydrogen (secondary N) is 2. The lowest BCUT2D eigenvalue weighted by atomic mass is 9.95. The molecule has 1 aliphatic rings. The maximum atomic E-state index is 13.0. The van der Waals surface area contributed by atoms with Gasteiger partial charge in [-0.1, -0.05) is 19.9 Å². The van der Waals surface area contributed by atoms with Gasteiger partial charge in [-0.25, -0.2) is 0 Å². The van der Waals surface area contributed by atoms with Crippen LogP contribution in [-0.4, -0.2) is 42.9 Å². The van der Waals surface area contributed by atoms with Gasteiger partial charge in [0.25, 0.3) is 5.91 Å². The van der Waals surface area contributed by atoms with Gasteiger partial charge in [-0.15, -0.1) is 0 Å². The molecule has 25 heavy (non-hydrogen) atoms. The zero-order valence-electron chi connectivity index (χ0n) is 16.1. The van der Waals surface area contributed by atoms with E-state index in [1.807, 2.05) is 30.0 Å². The highest BCUT2D eigenvalue weighted by molar-refractivity contribution is 5.97. The largest absolute Gasteiger partial charge is 0.382 e. The maximum absolute atomic E-state index is 13.0. The van der Waals surface area contributed by atoms with E-state index in [1.165, 1.54) is 0 Å². The Labute approximate surface area is 151 Å². The van der Waals surface area contributed by atoms with Crippen molar-refractivity contribution in [1.29, 1.82) is 0 Å². The Balaban J connectivity index is 2.17. The van der Waals surface area contributed by atoms with Gasteiger partial charge in [0.1, 0.15) is 0 Å². The molecule has 0 aromatic heterocycles. The minimum atomic E-state index is -0.106. The number of rotatable bonds is 5. The quantitative estimate of drug-likeness (QED) is 0.862. The third-order valence-corrected chi connectivity index (χ3v) is 5.27. The lowest BCUT2D eigenvalue weighted by Crippen LogP contribution is -2.45. The fourth-order valence-corrected chi connectivity index (χ4v) is 3.19. The molecule has 0 unspecified atom stereocenters. The summed E-state index contributed by atoms with van der Waals surface area (Å²) in [4.78, 5) is 26.8. The first-order valence-electron chi connectivity index (χ1n) is 9.22. The van der Waals surface area contributed by atoms with Crippen LogP contribution in [0.1, 0.15) is 49.5 Å². The second kappa shape index (κ2) is 8.37. The average Bonchev–Trinajstić information content (AvgIpc) is 2.62. The summed E-state index contributed by atoms with van der Waals surface area (Å²) in [5, 5.41) is 6.21. The Morgan fingerprint density at radius 2 is 1.96 bits per heavy atom. The van der Waals surface area contributed by atoms with E-state index < -0.39 is 0 Å². The summed E-state index contributed by atoms with van der Waals surface area (Å²) in [6.45, 7) is 9.70. The van der Waals surface area contributed by atoms with Crippen LogP contribution in [0.3, 0.4) is 0 Å². The molecule has 0 bridgehead atoms. The first kappa shape index (κ1) is 19.3. The second-order valence-corrected chi connectivity index (χ2v) is 7.36. The van der Waals surface area contributed by atoms with Crippen LogP contribution in [0.4, 0.5) is 5.69 Å². The van der Waals surface area contributed by atoms with Gasteiger partial charge in [0.2, 0.25) is 5.91 Å². The van der Waals surface area contributed by atoms with E-state index in [4.69, 9.17) is 0 Å². The van der Waals surface area contributed by atoms with Crippen LogP contribution in [0.15, 0.2) is 18.2 Å². The molecule has 1 aliphatic heterocycles. The van der Waals surface area contributed by atoms with Crippen molar-refractivity contribution in [3.05, 3.63) is 29.3 Å². The topological polar surface area (TPSA) is 61.4 Å². The van der Waals surface area contributed by atoms with Crippen molar-refractivity contribution in [3.8, 4) is 0 Å². The fraction of sp³-hybridized carbons (Fsp3) is 0.600. The van der Waals surface area contributed by atoms with Crippen LogP contribution in [0.25, 0.3) is 0 Å². The molecular weight excluding hydrogens is 314 g/mol. The summed E-state index contributed by atoms with van der Waals surface area (Å²) >= 11 is 0. The van der Waals surface area contributed by atoms with Crippen LogP contribution in [0.5, 0.6) is 0 Å². The van der Waals surface area contributed by atoms with Crippen LogP contribution >= 0.6 is 0 Å². The van der Waals surface area contributed by atoms with E-state index in [9.17, 15) is 9.59 Å². The molecule has 0 saturated carbocycles. The third-order valence-electron chi connectivity index (χ3n) is 5.27. The number of hydrogen-bond donors (Lipinski definition) is 2. The average molecular weight is 345 g/mol. The number of likely N-dealkylation sites (tertiary alicyclic amines) is 1. The van der Waals surface area contributed by atoms with Gasteiger partial charge in [0, 0.05) is 37.4 Å². The highest BCUT2D eigenvalue weighted by atomic mass is 16.2. The van der Waals surface area contributed by atoms with Crippen molar-refractivity contribution in [2.75, 3.05) is 25.5 Å². The van der Waals surface area contributed by atoms with E-state index in [1.54, 1.807) is 7.05 Å². The monoisotopic (exact) mass is 345 g/mol. The smallest absolute Gasteiger partial charge is 0.254 e. The number of nitrogens with zero attached hydrogens (tertiary/aromatic N) is 1. The lowest BCUT2D eigenvalue weighted by Gasteiger charge is -2.32. The molecule has 138 valence electrons. The Bertz CT molecular complexity index is 627. The molecule has 1 aromatic carbocycles. The molecule has 2 rings (SSSR count). The van der Waals surface area contributed by atoms with Gasteiger partial charge >= 0.3 is 0 Å². The SMILES string of the molecule is CNC(=O)[C@H]1CCCN(C(=O)c2cccc(N[C@@H](C)C(C)C)c2C)C1. The van der Waals surface area contributed by atoms with E-state index in [0.29, 0.717) is 25.0 Å². The number of carbonyl (C=O) groups is 2. The van der Waals surface area contributed by atoms with Gasteiger partial charge in [-0.2, -0.15) is 0 Å². The second-order valence-electron chi connectivity index (χ2n) is 7.36. The highest BCUT2D eigenvalue weighted by Crippen LogP contribution is 2.25. The van der Waals surface area contributed by atoms with Crippen molar-refractivity contribution in [2.45, 2.75) is 46.6 Å². The van der Waals surface area contributed by atoms with Crippen LogP contribution in [-0.2, 0) is 4.79 Å². The van der Waals surface area contributed by atoms with Gasteiger partial charge in [-0.05, 0) is 50.3 Å². The first-order valence-corrected chi connectivity index (χ1v) is 9.22. The predicted molar refractivity (Wildman–Crippen MR) is 102 cm³/mol. The third kappa shape index (κ3) is 4.53. The normalized spacial score (nSPS) is 18.8. The fourth-order valence-electron chi connectivity index (χ4n) is 3.19. The van der Waals surface area contributed by atoms with E-state index in [-0.39, 0.29) is 17.7 Å². The molecule has 0 radical (unpaired) electrons. The molecule has 1 fully saturated rings. The minimum Gasteiger partial charge on any atom is -0.382 e. The molecule has 5 nitrogen and oxygen atoms in total. The van der Waals surface area contributed by atoms with Crippen LogP contribution in [0.2, 0.25) is 0 Å². The van der Waals surface area contributed by atoms with Crippen molar-refractivity contribution in [2.24, 2.45) is 11.8 Å². The van der Waals surface area contributed by atoms with E-state index in [2.05, 4.69) is 31.4 Å². The molecule has 2 atom stereocenters. The summed E-state index contributed by atoms with van der Waals surface area (Å²) < 4.78 is 0. The maximum Gasteiger partial charge on any atom is 0.254 e. The number of piperidine rings is 1. The molecule has 1 aromatic rings. The summed E-state index contributed by atoms with van der Waals surface area (Å²) in [6, 6.07) is 6.16. The number of carbonyl (C=O) groups excluding carboxylic acids is 2. The summed E-state index contributed by atoms with van der Waals surface area (Å²) in [5.74, 6) is 0.446. The number of hydrogen-bond acceptors (Lipinski definition) is 3. The van der Waals surface area contributed by atoms with Gasteiger partial charge in [0.05, 0.1) is 5.92 Å². The highest BCUT2D eigenvalue weighted by Gasteiger charge is 2.29. The van der Waals surface area contributed by atoms with Crippen LogP contribution in [0, 0.1) is 18.8 Å². The molecule has 0 spiro atoms. The zero-order chi connectivity index (χ0) is 18.6. The van der Waals surface area contributed by atoms with E-state index >= 15 is 0 Å². The first-order chi connectivity index (χ1) is 11.8. The van der Waals surface area contributed by atoms with Gasteiger partial charge < -0.3 is 15.5 Å². The Hall–Kier alpha value is -2.04. The molecule has 5 heteroatoms. The standard InChI is InChI=1S/C20H31N3O2/c1-13(2)15(4)22-18-10-6-9-17(14(18)3)20(25)23-11-7-8-16(12-23)19(24)21-5/h6,9-10,13,15-16,22H,7-8,11-12H2,1-5H3,(H,21,24)/t15-,16-/m0/s1. The molecule has 2 amide bonds. The summed E-state index contributed by atoms with van der Waals surface area (Å²) in [5.41, 5.74) is 2.70. The molecule has 1 heterocycles. The lowest BCUT2D eigenvalue weighted by molar-refractivity contribution is -0.125. The number of amides is 2. The summed E-state index contributed by atoms with van der Waals surface area (Å²) in [7, 11) is 1.65. The Kier molecular flexibility index (Phi) is 6.45. The van der Waals surface area contributed by atoms with Crippen LogP contribution < -0.4 is 10.6 Å². The Morgan fingerprint density at radius 1 is 1.24 bits per heavy atom. The molecule has 2 N–H and O–H groups in total. The predicted octanol–water partition coefficient (Wildman–Crippen LogP) is 3.05. The summed E-state index contributed by atoms with van der Waals surface area (Å²) in [6.07, 6.45) is 1.71. The molecule has 0 aliphatic carbocycles. The zero-order valence-corrected chi connectivity index (χ0v) is 16.1.